The molecule has 2 unspecified atom stereocenters. The highest BCUT2D eigenvalue weighted by Gasteiger charge is 2.21. The summed E-state index contributed by atoms with van der Waals surface area (Å²) in [5, 5.41) is 0.571. The standard InChI is InChI=1S/C15H28S/c1-3-4-5-8-14-9-6-7-10-15(14)12-11-13(2)16/h6,9,13-16H,3-5,7-8,10-12H2,1-2H3/t13?,14?,15-/m0/s1. The fourth-order valence-electron chi connectivity index (χ4n) is 2.73. The van der Waals surface area contributed by atoms with Crippen molar-refractivity contribution >= 4 is 12.6 Å². The van der Waals surface area contributed by atoms with Crippen LogP contribution < -0.4 is 0 Å². The van der Waals surface area contributed by atoms with Gasteiger partial charge in [-0.3, -0.25) is 0 Å². The first-order chi connectivity index (χ1) is 7.74. The lowest BCUT2D eigenvalue weighted by Gasteiger charge is -2.28. The van der Waals surface area contributed by atoms with E-state index in [4.69, 9.17) is 0 Å². The van der Waals surface area contributed by atoms with Gasteiger partial charge in [0.25, 0.3) is 0 Å². The van der Waals surface area contributed by atoms with Crippen LogP contribution in [0.25, 0.3) is 0 Å². The van der Waals surface area contributed by atoms with Crippen molar-refractivity contribution in [3.8, 4) is 0 Å². The Morgan fingerprint density at radius 2 is 2.12 bits per heavy atom. The highest BCUT2D eigenvalue weighted by Crippen LogP contribution is 2.33. The van der Waals surface area contributed by atoms with Gasteiger partial charge in [-0.1, -0.05) is 45.3 Å². The zero-order valence-electron chi connectivity index (χ0n) is 11.0. The van der Waals surface area contributed by atoms with Gasteiger partial charge >= 0.3 is 0 Å². The average molecular weight is 240 g/mol. The van der Waals surface area contributed by atoms with Crippen LogP contribution in [0, 0.1) is 11.8 Å². The first kappa shape index (κ1) is 14.2. The topological polar surface area (TPSA) is 0 Å². The monoisotopic (exact) mass is 240 g/mol. The van der Waals surface area contributed by atoms with Gasteiger partial charge in [-0.05, 0) is 49.2 Å². The Morgan fingerprint density at radius 1 is 1.31 bits per heavy atom. The Morgan fingerprint density at radius 3 is 2.81 bits per heavy atom. The molecule has 1 rings (SSSR count). The van der Waals surface area contributed by atoms with Crippen LogP contribution in [0.3, 0.4) is 0 Å². The second kappa shape index (κ2) is 8.22. The van der Waals surface area contributed by atoms with Crippen molar-refractivity contribution in [1.29, 1.82) is 0 Å². The Kier molecular flexibility index (Phi) is 7.27. The van der Waals surface area contributed by atoms with Crippen molar-refractivity contribution in [2.24, 2.45) is 11.8 Å². The van der Waals surface area contributed by atoms with Crippen molar-refractivity contribution in [3.05, 3.63) is 12.2 Å². The van der Waals surface area contributed by atoms with Crippen molar-refractivity contribution in [1.82, 2.24) is 0 Å². The highest BCUT2D eigenvalue weighted by molar-refractivity contribution is 7.80. The molecular formula is C15H28S. The van der Waals surface area contributed by atoms with Crippen LogP contribution in [0.1, 0.15) is 65.2 Å². The Labute approximate surface area is 107 Å². The minimum Gasteiger partial charge on any atom is -0.176 e. The van der Waals surface area contributed by atoms with Crippen molar-refractivity contribution in [2.45, 2.75) is 70.5 Å². The molecule has 0 saturated heterocycles. The predicted octanol–water partition coefficient (Wildman–Crippen LogP) is 5.25. The summed E-state index contributed by atoms with van der Waals surface area (Å²) in [6, 6.07) is 0. The largest absolute Gasteiger partial charge is 0.176 e. The third-order valence-corrected chi connectivity index (χ3v) is 4.05. The van der Waals surface area contributed by atoms with Gasteiger partial charge in [0.1, 0.15) is 0 Å². The predicted molar refractivity (Wildman–Crippen MR) is 77.2 cm³/mol. The molecule has 0 amide bonds. The molecule has 1 heteroatoms. The van der Waals surface area contributed by atoms with Crippen LogP contribution in [-0.2, 0) is 0 Å². The second-order valence-corrected chi connectivity index (χ2v) is 6.23. The average Bonchev–Trinajstić information content (AvgIpc) is 2.28. The third kappa shape index (κ3) is 5.43. The van der Waals surface area contributed by atoms with Crippen LogP contribution in [0.4, 0.5) is 0 Å². The fraction of sp³-hybridized carbons (Fsp3) is 0.867. The molecule has 16 heavy (non-hydrogen) atoms. The molecule has 0 spiro atoms. The van der Waals surface area contributed by atoms with E-state index in [1.807, 2.05) is 0 Å². The maximum atomic E-state index is 4.49. The number of hydrogen-bond donors (Lipinski definition) is 1. The molecule has 94 valence electrons. The maximum absolute atomic E-state index is 4.49. The van der Waals surface area contributed by atoms with Crippen LogP contribution in [0.15, 0.2) is 12.2 Å². The Hall–Kier alpha value is 0.0900. The quantitative estimate of drug-likeness (QED) is 0.351. The number of rotatable bonds is 7. The first-order valence-electron chi connectivity index (χ1n) is 7.08. The van der Waals surface area contributed by atoms with Gasteiger partial charge in [-0.2, -0.15) is 12.6 Å². The summed E-state index contributed by atoms with van der Waals surface area (Å²) < 4.78 is 0. The Balaban J connectivity index is 2.31. The smallest absolute Gasteiger partial charge is 0.00115 e. The zero-order valence-corrected chi connectivity index (χ0v) is 11.9. The summed E-state index contributed by atoms with van der Waals surface area (Å²) in [4.78, 5) is 0. The molecule has 0 heterocycles. The van der Waals surface area contributed by atoms with E-state index >= 15 is 0 Å². The second-order valence-electron chi connectivity index (χ2n) is 5.35. The lowest BCUT2D eigenvalue weighted by molar-refractivity contribution is 0.305. The summed E-state index contributed by atoms with van der Waals surface area (Å²) in [7, 11) is 0. The molecule has 0 fully saturated rings. The van der Waals surface area contributed by atoms with E-state index in [0.29, 0.717) is 5.25 Å². The molecule has 0 aromatic heterocycles. The van der Waals surface area contributed by atoms with E-state index in [2.05, 4.69) is 38.6 Å². The number of allylic oxidation sites excluding steroid dienone is 2. The summed E-state index contributed by atoms with van der Waals surface area (Å²) in [6.07, 6.45) is 15.8. The minimum atomic E-state index is 0.571. The van der Waals surface area contributed by atoms with E-state index in [9.17, 15) is 0 Å². The summed E-state index contributed by atoms with van der Waals surface area (Å²) in [5.41, 5.74) is 0. The molecule has 3 atom stereocenters. The maximum Gasteiger partial charge on any atom is -0.00115 e. The molecule has 0 aromatic carbocycles. The van der Waals surface area contributed by atoms with Crippen LogP contribution >= 0.6 is 12.6 Å². The summed E-state index contributed by atoms with van der Waals surface area (Å²) in [6.45, 7) is 4.50. The molecule has 0 bridgehead atoms. The molecule has 1 aliphatic carbocycles. The highest BCUT2D eigenvalue weighted by atomic mass is 32.1. The van der Waals surface area contributed by atoms with Gasteiger partial charge < -0.3 is 0 Å². The third-order valence-electron chi connectivity index (χ3n) is 3.79. The molecule has 1 aliphatic rings. The van der Waals surface area contributed by atoms with E-state index in [0.717, 1.165) is 11.8 Å². The lowest BCUT2D eigenvalue weighted by Crippen LogP contribution is -2.17. The molecule has 0 saturated carbocycles. The van der Waals surface area contributed by atoms with Gasteiger partial charge in [0.2, 0.25) is 0 Å². The van der Waals surface area contributed by atoms with E-state index in [1.165, 1.54) is 51.4 Å². The van der Waals surface area contributed by atoms with Crippen LogP contribution in [-0.4, -0.2) is 5.25 Å². The van der Waals surface area contributed by atoms with Gasteiger partial charge in [-0.15, -0.1) is 0 Å². The first-order valence-corrected chi connectivity index (χ1v) is 7.60. The summed E-state index contributed by atoms with van der Waals surface area (Å²) >= 11 is 4.49. The molecule has 0 nitrogen and oxygen atoms in total. The number of hydrogen-bond acceptors (Lipinski definition) is 1. The Bertz CT molecular complexity index is 196. The van der Waals surface area contributed by atoms with Gasteiger partial charge in [0, 0.05) is 0 Å². The zero-order chi connectivity index (χ0) is 11.8. The van der Waals surface area contributed by atoms with Gasteiger partial charge in [0.05, 0.1) is 0 Å². The number of unbranched alkanes of at least 4 members (excludes halogenated alkanes) is 2. The minimum absolute atomic E-state index is 0.571. The van der Waals surface area contributed by atoms with Crippen molar-refractivity contribution in [3.63, 3.8) is 0 Å². The number of thiol groups is 1. The molecule has 0 aliphatic heterocycles. The molecule has 0 N–H and O–H groups in total. The fourth-order valence-corrected chi connectivity index (χ4v) is 2.88. The SMILES string of the molecule is CCCCCC1C=CCC[C@H]1CCC(C)S. The summed E-state index contributed by atoms with van der Waals surface area (Å²) in [5.74, 6) is 1.81. The van der Waals surface area contributed by atoms with E-state index in [-0.39, 0.29) is 0 Å². The molecule has 0 radical (unpaired) electrons. The van der Waals surface area contributed by atoms with Crippen LogP contribution in [0.5, 0.6) is 0 Å². The van der Waals surface area contributed by atoms with E-state index < -0.39 is 0 Å². The van der Waals surface area contributed by atoms with Gasteiger partial charge in [0.15, 0.2) is 0 Å². The van der Waals surface area contributed by atoms with Crippen molar-refractivity contribution < 1.29 is 0 Å². The van der Waals surface area contributed by atoms with E-state index in [1.54, 1.807) is 0 Å². The lowest BCUT2D eigenvalue weighted by atomic mass is 9.78. The molecule has 0 aromatic rings. The normalized spacial score (nSPS) is 26.9. The molecular weight excluding hydrogens is 212 g/mol. The van der Waals surface area contributed by atoms with Crippen molar-refractivity contribution in [2.75, 3.05) is 0 Å². The van der Waals surface area contributed by atoms with Crippen LogP contribution in [0.2, 0.25) is 0 Å². The van der Waals surface area contributed by atoms with Gasteiger partial charge in [-0.25, -0.2) is 0 Å².